The highest BCUT2D eigenvalue weighted by molar-refractivity contribution is 7.09. The minimum atomic E-state index is 0.101. The molecule has 0 saturated carbocycles. The van der Waals surface area contributed by atoms with Crippen molar-refractivity contribution in [2.45, 2.75) is 39.0 Å². The van der Waals surface area contributed by atoms with Gasteiger partial charge >= 0.3 is 0 Å². The van der Waals surface area contributed by atoms with Gasteiger partial charge in [-0.25, -0.2) is 4.98 Å². The van der Waals surface area contributed by atoms with Crippen molar-refractivity contribution in [2.24, 2.45) is 7.05 Å². The van der Waals surface area contributed by atoms with Crippen LogP contribution in [0.3, 0.4) is 0 Å². The Kier molecular flexibility index (Phi) is 3.87. The van der Waals surface area contributed by atoms with E-state index in [4.69, 9.17) is 4.74 Å². The van der Waals surface area contributed by atoms with Crippen LogP contribution < -0.4 is 5.32 Å². The molecule has 2 atom stereocenters. The summed E-state index contributed by atoms with van der Waals surface area (Å²) in [7, 11) is 1.98. The van der Waals surface area contributed by atoms with Crippen LogP contribution in [0.25, 0.3) is 0 Å². The summed E-state index contributed by atoms with van der Waals surface area (Å²) in [6, 6.07) is 0.334. The van der Waals surface area contributed by atoms with Crippen molar-refractivity contribution < 1.29 is 4.74 Å². The van der Waals surface area contributed by atoms with Crippen LogP contribution in [0, 0.1) is 13.8 Å². The maximum absolute atomic E-state index is 5.96. The normalized spacial score (nSPS) is 22.6. The minimum Gasteiger partial charge on any atom is -0.372 e. The Bertz CT molecular complexity index is 578. The van der Waals surface area contributed by atoms with Crippen LogP contribution in [0.5, 0.6) is 0 Å². The van der Waals surface area contributed by atoms with Gasteiger partial charge in [0.05, 0.1) is 5.69 Å². The van der Waals surface area contributed by atoms with Crippen molar-refractivity contribution in [2.75, 3.05) is 6.61 Å². The Labute approximate surface area is 123 Å². The zero-order valence-corrected chi connectivity index (χ0v) is 12.9. The molecule has 0 amide bonds. The Balaban J connectivity index is 1.75. The second-order valence-electron chi connectivity index (χ2n) is 5.20. The molecule has 0 unspecified atom stereocenters. The fourth-order valence-corrected chi connectivity index (χ4v) is 3.41. The van der Waals surface area contributed by atoms with Gasteiger partial charge in [-0.05, 0) is 20.3 Å². The van der Waals surface area contributed by atoms with Gasteiger partial charge in [-0.3, -0.25) is 4.68 Å². The standard InChI is InChI=1S/C14H20N4OS/c1-9-13(10(2)18(3)17-9)14-11(4-6-19-14)16-8-12-15-5-7-20-12/h5,7,11,14,16H,4,6,8H2,1-3H3/t11-,14-/m0/s1. The number of rotatable bonds is 4. The number of nitrogens with zero attached hydrogens (tertiary/aromatic N) is 3. The molecular weight excluding hydrogens is 272 g/mol. The molecule has 1 fully saturated rings. The third-order valence-electron chi connectivity index (χ3n) is 3.94. The van der Waals surface area contributed by atoms with Gasteiger partial charge in [0.25, 0.3) is 0 Å². The third-order valence-corrected chi connectivity index (χ3v) is 4.72. The third kappa shape index (κ3) is 2.51. The van der Waals surface area contributed by atoms with Crippen LogP contribution in [0.15, 0.2) is 11.6 Å². The lowest BCUT2D eigenvalue weighted by molar-refractivity contribution is 0.0974. The Morgan fingerprint density at radius 1 is 1.50 bits per heavy atom. The average molecular weight is 292 g/mol. The molecule has 108 valence electrons. The lowest BCUT2D eigenvalue weighted by atomic mass is 10.0. The second-order valence-corrected chi connectivity index (χ2v) is 6.18. The topological polar surface area (TPSA) is 52.0 Å². The molecular formula is C14H20N4OS. The summed E-state index contributed by atoms with van der Waals surface area (Å²) in [4.78, 5) is 4.31. The monoisotopic (exact) mass is 292 g/mol. The first-order valence-corrected chi connectivity index (χ1v) is 7.78. The molecule has 3 heterocycles. The summed E-state index contributed by atoms with van der Waals surface area (Å²) < 4.78 is 7.90. The van der Waals surface area contributed by atoms with E-state index in [2.05, 4.69) is 29.2 Å². The van der Waals surface area contributed by atoms with E-state index in [0.717, 1.165) is 30.3 Å². The molecule has 0 radical (unpaired) electrons. The van der Waals surface area contributed by atoms with Crippen LogP contribution >= 0.6 is 11.3 Å². The van der Waals surface area contributed by atoms with E-state index in [1.54, 1.807) is 11.3 Å². The molecule has 2 aromatic rings. The maximum Gasteiger partial charge on any atom is 0.106 e. The highest BCUT2D eigenvalue weighted by Gasteiger charge is 2.33. The lowest BCUT2D eigenvalue weighted by Crippen LogP contribution is -2.31. The van der Waals surface area contributed by atoms with E-state index < -0.39 is 0 Å². The predicted molar refractivity (Wildman–Crippen MR) is 78.7 cm³/mol. The Morgan fingerprint density at radius 2 is 2.35 bits per heavy atom. The molecule has 6 heteroatoms. The van der Waals surface area contributed by atoms with Crippen LogP contribution in [0.4, 0.5) is 0 Å². The first kappa shape index (κ1) is 13.7. The molecule has 1 aliphatic rings. The average Bonchev–Trinajstić information content (AvgIpc) is 3.10. The number of aromatic nitrogens is 3. The molecule has 1 saturated heterocycles. The largest absolute Gasteiger partial charge is 0.372 e. The van der Waals surface area contributed by atoms with Crippen LogP contribution in [0.1, 0.15) is 34.5 Å². The highest BCUT2D eigenvalue weighted by Crippen LogP contribution is 2.33. The van der Waals surface area contributed by atoms with E-state index in [1.165, 1.54) is 11.3 Å². The number of hydrogen-bond acceptors (Lipinski definition) is 5. The number of nitrogens with one attached hydrogen (secondary N) is 1. The molecule has 0 aromatic carbocycles. The molecule has 2 aromatic heterocycles. The van der Waals surface area contributed by atoms with Gasteiger partial charge in [0.1, 0.15) is 11.1 Å². The Hall–Kier alpha value is -1.24. The maximum atomic E-state index is 5.96. The smallest absolute Gasteiger partial charge is 0.106 e. The summed E-state index contributed by atoms with van der Waals surface area (Å²) >= 11 is 1.68. The summed E-state index contributed by atoms with van der Waals surface area (Å²) in [6.07, 6.45) is 2.98. The van der Waals surface area contributed by atoms with Gasteiger partial charge in [0.2, 0.25) is 0 Å². The molecule has 0 spiro atoms. The zero-order valence-electron chi connectivity index (χ0n) is 12.1. The summed E-state index contributed by atoms with van der Waals surface area (Å²) in [5.74, 6) is 0. The fourth-order valence-electron chi connectivity index (χ4n) is 2.84. The van der Waals surface area contributed by atoms with Gasteiger partial charge in [-0.15, -0.1) is 11.3 Å². The van der Waals surface area contributed by atoms with Gasteiger partial charge in [-0.1, -0.05) is 0 Å². The van der Waals surface area contributed by atoms with E-state index in [0.29, 0.717) is 6.04 Å². The zero-order chi connectivity index (χ0) is 14.1. The number of thiazole rings is 1. The molecule has 3 rings (SSSR count). The molecule has 1 aliphatic heterocycles. The predicted octanol–water partition coefficient (Wildman–Crippen LogP) is 2.11. The summed E-state index contributed by atoms with van der Waals surface area (Å²) in [5.41, 5.74) is 3.50. The van der Waals surface area contributed by atoms with Crippen molar-refractivity contribution in [3.05, 3.63) is 33.5 Å². The molecule has 0 aliphatic carbocycles. The van der Waals surface area contributed by atoms with Gasteiger partial charge in [-0.2, -0.15) is 5.10 Å². The summed E-state index contributed by atoms with van der Waals surface area (Å²) in [6.45, 7) is 5.77. The number of aryl methyl sites for hydroxylation is 2. The fraction of sp³-hybridized carbons (Fsp3) is 0.571. The van der Waals surface area contributed by atoms with Crippen molar-refractivity contribution in [3.8, 4) is 0 Å². The minimum absolute atomic E-state index is 0.101. The molecule has 20 heavy (non-hydrogen) atoms. The van der Waals surface area contributed by atoms with E-state index >= 15 is 0 Å². The van der Waals surface area contributed by atoms with Crippen molar-refractivity contribution in [1.29, 1.82) is 0 Å². The number of ether oxygens (including phenoxy) is 1. The lowest BCUT2D eigenvalue weighted by Gasteiger charge is -2.20. The van der Waals surface area contributed by atoms with Crippen molar-refractivity contribution >= 4 is 11.3 Å². The quantitative estimate of drug-likeness (QED) is 0.938. The van der Waals surface area contributed by atoms with Crippen LogP contribution in [0.2, 0.25) is 0 Å². The van der Waals surface area contributed by atoms with Gasteiger partial charge in [0, 0.05) is 49.1 Å². The second kappa shape index (κ2) is 5.63. The van der Waals surface area contributed by atoms with E-state index in [9.17, 15) is 0 Å². The highest BCUT2D eigenvalue weighted by atomic mass is 32.1. The van der Waals surface area contributed by atoms with Gasteiger partial charge < -0.3 is 10.1 Å². The first-order valence-electron chi connectivity index (χ1n) is 6.90. The van der Waals surface area contributed by atoms with E-state index in [-0.39, 0.29) is 6.10 Å². The van der Waals surface area contributed by atoms with Gasteiger partial charge in [0.15, 0.2) is 0 Å². The molecule has 1 N–H and O–H groups in total. The SMILES string of the molecule is Cc1nn(C)c(C)c1[C@H]1OCC[C@@H]1NCc1nccs1. The molecule has 0 bridgehead atoms. The van der Waals surface area contributed by atoms with Crippen LogP contribution in [-0.4, -0.2) is 27.4 Å². The van der Waals surface area contributed by atoms with Crippen molar-refractivity contribution in [3.63, 3.8) is 0 Å². The Morgan fingerprint density at radius 3 is 3.00 bits per heavy atom. The molecule has 5 nitrogen and oxygen atoms in total. The number of hydrogen-bond donors (Lipinski definition) is 1. The first-order chi connectivity index (χ1) is 9.66. The summed E-state index contributed by atoms with van der Waals surface area (Å²) in [5, 5.41) is 11.2. The van der Waals surface area contributed by atoms with E-state index in [1.807, 2.05) is 23.3 Å². The van der Waals surface area contributed by atoms with Crippen molar-refractivity contribution in [1.82, 2.24) is 20.1 Å². The van der Waals surface area contributed by atoms with Crippen LogP contribution in [-0.2, 0) is 18.3 Å².